The van der Waals surface area contributed by atoms with Gasteiger partial charge in [0.2, 0.25) is 0 Å². The molecule has 0 bridgehead atoms. The van der Waals surface area contributed by atoms with Gasteiger partial charge in [0, 0.05) is 13.0 Å². The van der Waals surface area contributed by atoms with Gasteiger partial charge in [-0.3, -0.25) is 0 Å². The number of hydrogen-bond acceptors (Lipinski definition) is 7. The molecule has 1 aliphatic heterocycles. The van der Waals surface area contributed by atoms with E-state index in [1.165, 1.54) is 24.1 Å². The molecule has 1 aliphatic rings. The van der Waals surface area contributed by atoms with Crippen molar-refractivity contribution in [2.75, 3.05) is 18.6 Å². The number of rotatable bonds is 3. The van der Waals surface area contributed by atoms with Crippen LogP contribution < -0.4 is 4.90 Å². The third-order valence-electron chi connectivity index (χ3n) is 2.90. The number of β-amino-alcohol motifs (C(OH)–C–C–N with tert-alkyl or cyclic N) is 1. The zero-order valence-corrected chi connectivity index (χ0v) is 10.2. The molecule has 0 saturated carbocycles. The quantitative estimate of drug-likeness (QED) is 0.690. The number of carboxylic acids is 1. The molecule has 0 spiro atoms. The van der Waals surface area contributed by atoms with E-state index in [0.29, 0.717) is 5.82 Å². The van der Waals surface area contributed by atoms with Gasteiger partial charge < -0.3 is 19.8 Å². The van der Waals surface area contributed by atoms with Crippen LogP contribution in [0.4, 0.5) is 5.82 Å². The van der Waals surface area contributed by atoms with Crippen LogP contribution in [0.2, 0.25) is 0 Å². The Morgan fingerprint density at radius 1 is 1.42 bits per heavy atom. The molecule has 0 amide bonds. The molecule has 1 aromatic rings. The van der Waals surface area contributed by atoms with Gasteiger partial charge in [-0.2, -0.15) is 0 Å². The van der Waals surface area contributed by atoms with E-state index in [-0.39, 0.29) is 18.7 Å². The SMILES string of the molecule is COC(=O)c1ccc(N2CC(O)CC2C(=O)O)nn1. The minimum Gasteiger partial charge on any atom is -0.480 e. The van der Waals surface area contributed by atoms with E-state index in [2.05, 4.69) is 14.9 Å². The highest BCUT2D eigenvalue weighted by Crippen LogP contribution is 2.23. The van der Waals surface area contributed by atoms with Gasteiger partial charge in [0.25, 0.3) is 0 Å². The summed E-state index contributed by atoms with van der Waals surface area (Å²) in [5.74, 6) is -1.35. The predicted molar refractivity (Wildman–Crippen MR) is 62.8 cm³/mol. The van der Waals surface area contributed by atoms with Gasteiger partial charge in [-0.05, 0) is 12.1 Å². The summed E-state index contributed by atoms with van der Waals surface area (Å²) >= 11 is 0. The van der Waals surface area contributed by atoms with E-state index < -0.39 is 24.1 Å². The number of methoxy groups -OCH3 is 1. The van der Waals surface area contributed by atoms with E-state index in [1.54, 1.807) is 0 Å². The maximum Gasteiger partial charge on any atom is 0.358 e. The molecule has 8 nitrogen and oxygen atoms in total. The molecule has 8 heteroatoms. The molecule has 1 saturated heterocycles. The van der Waals surface area contributed by atoms with E-state index in [0.717, 1.165) is 0 Å². The standard InChI is InChI=1S/C11H13N3O5/c1-19-11(18)7-2-3-9(13-12-7)14-5-6(15)4-8(14)10(16)17/h2-3,6,8,15H,4-5H2,1H3,(H,16,17). The fourth-order valence-electron chi connectivity index (χ4n) is 1.99. The van der Waals surface area contributed by atoms with Crippen LogP contribution in [0.1, 0.15) is 16.9 Å². The fraction of sp³-hybridized carbons (Fsp3) is 0.455. The highest BCUT2D eigenvalue weighted by molar-refractivity contribution is 5.87. The highest BCUT2D eigenvalue weighted by Gasteiger charge is 2.37. The molecule has 2 N–H and O–H groups in total. The van der Waals surface area contributed by atoms with Crippen molar-refractivity contribution in [1.29, 1.82) is 0 Å². The minimum atomic E-state index is -1.03. The molecular weight excluding hydrogens is 254 g/mol. The second-order valence-corrected chi connectivity index (χ2v) is 4.16. The number of hydrogen-bond donors (Lipinski definition) is 2. The second kappa shape index (κ2) is 5.19. The fourth-order valence-corrected chi connectivity index (χ4v) is 1.99. The van der Waals surface area contributed by atoms with Crippen LogP contribution in [0.25, 0.3) is 0 Å². The average molecular weight is 267 g/mol. The topological polar surface area (TPSA) is 113 Å². The van der Waals surface area contributed by atoms with Crippen molar-refractivity contribution >= 4 is 17.8 Å². The van der Waals surface area contributed by atoms with Crippen LogP contribution in [0.5, 0.6) is 0 Å². The summed E-state index contributed by atoms with van der Waals surface area (Å²) in [7, 11) is 1.23. The zero-order chi connectivity index (χ0) is 14.0. The third kappa shape index (κ3) is 2.63. The van der Waals surface area contributed by atoms with Gasteiger partial charge >= 0.3 is 11.9 Å². The van der Waals surface area contributed by atoms with Crippen molar-refractivity contribution in [3.8, 4) is 0 Å². The number of esters is 1. The molecule has 1 fully saturated rings. The third-order valence-corrected chi connectivity index (χ3v) is 2.90. The maximum absolute atomic E-state index is 11.2. The van der Waals surface area contributed by atoms with Crippen LogP contribution in [0, 0.1) is 0 Å². The van der Waals surface area contributed by atoms with Gasteiger partial charge in [-0.15, -0.1) is 10.2 Å². The number of nitrogens with zero attached hydrogens (tertiary/aromatic N) is 3. The Hall–Kier alpha value is -2.22. The summed E-state index contributed by atoms with van der Waals surface area (Å²) in [6.45, 7) is 0.170. The number of aliphatic carboxylic acids is 1. The number of carbonyl (C=O) groups excluding carboxylic acids is 1. The summed E-state index contributed by atoms with van der Waals surface area (Å²) in [5, 5.41) is 26.1. The van der Waals surface area contributed by atoms with Crippen molar-refractivity contribution in [1.82, 2.24) is 10.2 Å². The van der Waals surface area contributed by atoms with Crippen LogP contribution in [-0.2, 0) is 9.53 Å². The smallest absolute Gasteiger partial charge is 0.358 e. The normalized spacial score (nSPS) is 22.3. The Kier molecular flexibility index (Phi) is 3.61. The number of aliphatic hydroxyl groups excluding tert-OH is 1. The van der Waals surface area contributed by atoms with Gasteiger partial charge in [0.1, 0.15) is 6.04 Å². The average Bonchev–Trinajstić information content (AvgIpc) is 2.80. The molecule has 2 unspecified atom stereocenters. The molecule has 2 atom stereocenters. The second-order valence-electron chi connectivity index (χ2n) is 4.16. The van der Waals surface area contributed by atoms with Gasteiger partial charge in [-0.25, -0.2) is 9.59 Å². The molecule has 2 rings (SSSR count). The van der Waals surface area contributed by atoms with E-state index in [4.69, 9.17) is 5.11 Å². The molecule has 0 aromatic carbocycles. The van der Waals surface area contributed by atoms with Crippen molar-refractivity contribution in [3.63, 3.8) is 0 Å². The monoisotopic (exact) mass is 267 g/mol. The number of ether oxygens (including phenoxy) is 1. The van der Waals surface area contributed by atoms with Crippen LogP contribution in [0.15, 0.2) is 12.1 Å². The van der Waals surface area contributed by atoms with E-state index in [9.17, 15) is 14.7 Å². The van der Waals surface area contributed by atoms with Crippen molar-refractivity contribution in [2.45, 2.75) is 18.6 Å². The summed E-state index contributed by atoms with van der Waals surface area (Å²) < 4.78 is 4.49. The predicted octanol–water partition coefficient (Wildman–Crippen LogP) is -0.713. The van der Waals surface area contributed by atoms with Crippen LogP contribution in [-0.4, -0.2) is 58.1 Å². The van der Waals surface area contributed by atoms with Crippen molar-refractivity contribution in [3.05, 3.63) is 17.8 Å². The lowest BCUT2D eigenvalue weighted by molar-refractivity contribution is -0.138. The molecule has 0 aliphatic carbocycles. The van der Waals surface area contributed by atoms with E-state index in [1.807, 2.05) is 0 Å². The Morgan fingerprint density at radius 3 is 2.68 bits per heavy atom. The molecule has 1 aromatic heterocycles. The van der Waals surface area contributed by atoms with Crippen LogP contribution >= 0.6 is 0 Å². The number of carbonyl (C=O) groups is 2. The molecule has 0 radical (unpaired) electrons. The Labute approximate surface area is 108 Å². The summed E-state index contributed by atoms with van der Waals surface area (Å²) in [4.78, 5) is 23.7. The van der Waals surface area contributed by atoms with E-state index >= 15 is 0 Å². The Balaban J connectivity index is 2.21. The Bertz CT molecular complexity index is 490. The van der Waals surface area contributed by atoms with Crippen molar-refractivity contribution in [2.24, 2.45) is 0 Å². The lowest BCUT2D eigenvalue weighted by Gasteiger charge is -2.21. The minimum absolute atomic E-state index is 0.0397. The number of aliphatic hydroxyl groups is 1. The number of carboxylic acid groups (broad SMARTS) is 1. The first kappa shape index (κ1) is 13.2. The number of anilines is 1. The summed E-state index contributed by atoms with van der Waals surface area (Å²) in [6.07, 6.45) is -0.585. The summed E-state index contributed by atoms with van der Waals surface area (Å²) in [5.41, 5.74) is 0.0397. The molecule has 2 heterocycles. The van der Waals surface area contributed by atoms with Gasteiger partial charge in [0.05, 0.1) is 13.2 Å². The highest BCUT2D eigenvalue weighted by atomic mass is 16.5. The molecule has 19 heavy (non-hydrogen) atoms. The number of aromatic nitrogens is 2. The van der Waals surface area contributed by atoms with Crippen LogP contribution in [0.3, 0.4) is 0 Å². The van der Waals surface area contributed by atoms with Crippen molar-refractivity contribution < 1.29 is 24.5 Å². The Morgan fingerprint density at radius 2 is 2.16 bits per heavy atom. The molecular formula is C11H13N3O5. The first-order valence-corrected chi connectivity index (χ1v) is 5.62. The lowest BCUT2D eigenvalue weighted by atomic mass is 10.2. The lowest BCUT2D eigenvalue weighted by Crippen LogP contribution is -2.36. The molecule has 102 valence electrons. The largest absolute Gasteiger partial charge is 0.480 e. The first-order chi connectivity index (χ1) is 9.02. The zero-order valence-electron chi connectivity index (χ0n) is 10.2. The maximum atomic E-state index is 11.2. The first-order valence-electron chi connectivity index (χ1n) is 5.62. The van der Waals surface area contributed by atoms with Gasteiger partial charge in [0.15, 0.2) is 11.5 Å². The summed E-state index contributed by atoms with van der Waals surface area (Å²) in [6, 6.07) is 2.04. The van der Waals surface area contributed by atoms with Gasteiger partial charge in [-0.1, -0.05) is 0 Å².